The van der Waals surface area contributed by atoms with Gasteiger partial charge in [-0.3, -0.25) is 9.69 Å². The lowest BCUT2D eigenvalue weighted by molar-refractivity contribution is 0.242. The Labute approximate surface area is 128 Å². The molecule has 3 heterocycles. The van der Waals surface area contributed by atoms with Crippen LogP contribution in [-0.4, -0.2) is 26.2 Å². The van der Waals surface area contributed by atoms with Crippen LogP contribution in [0.3, 0.4) is 0 Å². The summed E-state index contributed by atoms with van der Waals surface area (Å²) in [6.45, 7) is 7.49. The molecule has 1 aliphatic heterocycles. The fraction of sp³-hybridized carbons (Fsp3) is 0.533. The van der Waals surface area contributed by atoms with Gasteiger partial charge in [0.1, 0.15) is 0 Å². The first-order valence-electron chi connectivity index (χ1n) is 7.39. The second-order valence-electron chi connectivity index (χ2n) is 5.48. The van der Waals surface area contributed by atoms with Gasteiger partial charge in [0, 0.05) is 49.7 Å². The summed E-state index contributed by atoms with van der Waals surface area (Å²) in [5, 5.41) is 5.62. The van der Waals surface area contributed by atoms with Crippen LogP contribution in [0, 0.1) is 6.92 Å². The van der Waals surface area contributed by atoms with Gasteiger partial charge in [-0.2, -0.15) is 5.10 Å². The first kappa shape index (κ1) is 14.4. The molecule has 0 amide bonds. The smallest absolute Gasteiger partial charge is 0.267 e. The highest BCUT2D eigenvalue weighted by Crippen LogP contribution is 2.20. The highest BCUT2D eigenvalue weighted by molar-refractivity contribution is 7.11. The second-order valence-corrected chi connectivity index (χ2v) is 6.80. The molecule has 0 unspecified atom stereocenters. The van der Waals surface area contributed by atoms with Crippen LogP contribution in [-0.2, 0) is 26.1 Å². The van der Waals surface area contributed by atoms with Crippen molar-refractivity contribution in [2.75, 3.05) is 6.54 Å². The SMILES string of the molecule is CCCn1nc2c(cc1=O)CN(Cc1cnc(C)s1)CC2. The molecule has 0 fully saturated rings. The molecule has 6 heteroatoms. The highest BCUT2D eigenvalue weighted by Gasteiger charge is 2.19. The van der Waals surface area contributed by atoms with Crippen molar-refractivity contribution >= 4 is 11.3 Å². The fourth-order valence-corrected chi connectivity index (χ4v) is 3.54. The topological polar surface area (TPSA) is 51.0 Å². The summed E-state index contributed by atoms with van der Waals surface area (Å²) in [5.41, 5.74) is 2.19. The van der Waals surface area contributed by atoms with Gasteiger partial charge in [-0.05, 0) is 18.9 Å². The zero-order chi connectivity index (χ0) is 14.8. The van der Waals surface area contributed by atoms with Crippen LogP contribution in [0.4, 0.5) is 0 Å². The molecule has 0 aliphatic carbocycles. The molecule has 3 rings (SSSR count). The third-order valence-electron chi connectivity index (χ3n) is 3.71. The van der Waals surface area contributed by atoms with E-state index in [1.54, 1.807) is 22.1 Å². The Morgan fingerprint density at radius 3 is 3.00 bits per heavy atom. The molecule has 21 heavy (non-hydrogen) atoms. The molecule has 0 atom stereocenters. The summed E-state index contributed by atoms with van der Waals surface area (Å²) in [6, 6.07) is 1.77. The fourth-order valence-electron chi connectivity index (χ4n) is 2.70. The molecule has 0 N–H and O–H groups in total. The third kappa shape index (κ3) is 3.22. The number of aromatic nitrogens is 3. The summed E-state index contributed by atoms with van der Waals surface area (Å²) in [7, 11) is 0. The number of thiazole rings is 1. The molecule has 5 nitrogen and oxygen atoms in total. The molecule has 0 aromatic carbocycles. The molecule has 2 aromatic heterocycles. The monoisotopic (exact) mass is 304 g/mol. The summed E-state index contributed by atoms with van der Waals surface area (Å²) in [5.74, 6) is 0. The molecule has 0 bridgehead atoms. The Hall–Kier alpha value is -1.53. The Balaban J connectivity index is 1.76. The van der Waals surface area contributed by atoms with E-state index < -0.39 is 0 Å². The van der Waals surface area contributed by atoms with Crippen molar-refractivity contribution in [3.63, 3.8) is 0 Å². The van der Waals surface area contributed by atoms with Crippen LogP contribution in [0.15, 0.2) is 17.1 Å². The predicted octanol–water partition coefficient (Wildman–Crippen LogP) is 1.98. The number of hydrogen-bond donors (Lipinski definition) is 0. The molecule has 0 saturated heterocycles. The minimum absolute atomic E-state index is 0.0195. The lowest BCUT2D eigenvalue weighted by Crippen LogP contribution is -2.34. The standard InChI is InChI=1S/C15H20N4OS/c1-3-5-19-15(20)7-12-9-18(6-4-14(12)17-19)10-13-8-16-11(2)21-13/h7-8H,3-6,9-10H2,1-2H3. The number of rotatable bonds is 4. The zero-order valence-electron chi connectivity index (χ0n) is 12.5. The Morgan fingerprint density at radius 1 is 1.43 bits per heavy atom. The van der Waals surface area contributed by atoms with Crippen LogP contribution in [0.2, 0.25) is 0 Å². The zero-order valence-corrected chi connectivity index (χ0v) is 13.3. The van der Waals surface area contributed by atoms with Gasteiger partial charge in [-0.25, -0.2) is 9.67 Å². The third-order valence-corrected chi connectivity index (χ3v) is 4.60. The van der Waals surface area contributed by atoms with Gasteiger partial charge in [0.25, 0.3) is 5.56 Å². The predicted molar refractivity (Wildman–Crippen MR) is 83.5 cm³/mol. The van der Waals surface area contributed by atoms with Crippen LogP contribution in [0.1, 0.15) is 34.5 Å². The minimum atomic E-state index is 0.0195. The maximum Gasteiger partial charge on any atom is 0.267 e. The van der Waals surface area contributed by atoms with E-state index in [0.717, 1.165) is 48.7 Å². The Bertz CT molecular complexity index is 691. The lowest BCUT2D eigenvalue weighted by Gasteiger charge is -2.27. The van der Waals surface area contributed by atoms with Gasteiger partial charge in [0.15, 0.2) is 0 Å². The molecular weight excluding hydrogens is 284 g/mol. The number of nitrogens with zero attached hydrogens (tertiary/aromatic N) is 4. The van der Waals surface area contributed by atoms with E-state index in [9.17, 15) is 4.79 Å². The molecule has 1 aliphatic rings. The van der Waals surface area contributed by atoms with Crippen molar-refractivity contribution in [3.05, 3.63) is 43.8 Å². The largest absolute Gasteiger partial charge is 0.293 e. The molecule has 0 spiro atoms. The quantitative estimate of drug-likeness (QED) is 0.866. The Morgan fingerprint density at radius 2 is 2.29 bits per heavy atom. The number of fused-ring (bicyclic) bond motifs is 1. The van der Waals surface area contributed by atoms with E-state index in [0.29, 0.717) is 6.54 Å². The highest BCUT2D eigenvalue weighted by atomic mass is 32.1. The van der Waals surface area contributed by atoms with E-state index >= 15 is 0 Å². The Kier molecular flexibility index (Phi) is 4.17. The van der Waals surface area contributed by atoms with Gasteiger partial charge >= 0.3 is 0 Å². The summed E-state index contributed by atoms with van der Waals surface area (Å²) < 4.78 is 1.60. The van der Waals surface area contributed by atoms with E-state index in [4.69, 9.17) is 0 Å². The van der Waals surface area contributed by atoms with Gasteiger partial charge in [-0.1, -0.05) is 6.92 Å². The summed E-state index contributed by atoms with van der Waals surface area (Å²) in [4.78, 5) is 20.0. The summed E-state index contributed by atoms with van der Waals surface area (Å²) >= 11 is 1.74. The number of aryl methyl sites for hydroxylation is 2. The van der Waals surface area contributed by atoms with Gasteiger partial charge in [-0.15, -0.1) is 11.3 Å². The molecule has 0 radical (unpaired) electrons. The maximum atomic E-state index is 12.0. The van der Waals surface area contributed by atoms with E-state index in [1.165, 1.54) is 4.88 Å². The average Bonchev–Trinajstić information content (AvgIpc) is 2.85. The average molecular weight is 304 g/mol. The second kappa shape index (κ2) is 6.07. The van der Waals surface area contributed by atoms with Gasteiger partial charge in [0.2, 0.25) is 0 Å². The normalized spacial score (nSPS) is 15.1. The number of hydrogen-bond acceptors (Lipinski definition) is 5. The van der Waals surface area contributed by atoms with Crippen molar-refractivity contribution in [2.45, 2.75) is 46.3 Å². The molecule has 0 saturated carbocycles. The van der Waals surface area contributed by atoms with Crippen LogP contribution in [0.25, 0.3) is 0 Å². The van der Waals surface area contributed by atoms with Crippen molar-refractivity contribution in [1.29, 1.82) is 0 Å². The van der Waals surface area contributed by atoms with Crippen molar-refractivity contribution < 1.29 is 0 Å². The van der Waals surface area contributed by atoms with E-state index in [2.05, 4.69) is 21.9 Å². The first-order valence-corrected chi connectivity index (χ1v) is 8.21. The molecule has 2 aromatic rings. The van der Waals surface area contributed by atoms with Crippen LogP contribution in [0.5, 0.6) is 0 Å². The van der Waals surface area contributed by atoms with Crippen molar-refractivity contribution in [2.24, 2.45) is 0 Å². The maximum absolute atomic E-state index is 12.0. The van der Waals surface area contributed by atoms with E-state index in [1.807, 2.05) is 13.1 Å². The first-order chi connectivity index (χ1) is 10.2. The molecular formula is C15H20N4OS. The van der Waals surface area contributed by atoms with Crippen LogP contribution >= 0.6 is 11.3 Å². The lowest BCUT2D eigenvalue weighted by atomic mass is 10.1. The van der Waals surface area contributed by atoms with Gasteiger partial charge in [0.05, 0.1) is 10.7 Å². The van der Waals surface area contributed by atoms with E-state index in [-0.39, 0.29) is 5.56 Å². The minimum Gasteiger partial charge on any atom is -0.293 e. The molecule has 112 valence electrons. The van der Waals surface area contributed by atoms with Crippen LogP contribution < -0.4 is 5.56 Å². The summed E-state index contributed by atoms with van der Waals surface area (Å²) in [6.07, 6.45) is 3.80. The van der Waals surface area contributed by atoms with Crippen molar-refractivity contribution in [3.8, 4) is 0 Å². The van der Waals surface area contributed by atoms with Gasteiger partial charge < -0.3 is 0 Å². The van der Waals surface area contributed by atoms with Crippen molar-refractivity contribution in [1.82, 2.24) is 19.7 Å².